The van der Waals surface area contributed by atoms with Gasteiger partial charge in [-0.15, -0.1) is 0 Å². The Balaban J connectivity index is 3.01. The normalized spacial score (nSPS) is 10.5. The fourth-order valence-corrected chi connectivity index (χ4v) is 1.05. The van der Waals surface area contributed by atoms with Gasteiger partial charge in [0.05, 0.1) is 12.8 Å². The summed E-state index contributed by atoms with van der Waals surface area (Å²) in [7, 11) is 1.61. The summed E-state index contributed by atoms with van der Waals surface area (Å²) in [6.07, 6.45) is 3.97. The number of benzene rings is 1. The van der Waals surface area contributed by atoms with Crippen molar-refractivity contribution < 1.29 is 4.74 Å². The summed E-state index contributed by atoms with van der Waals surface area (Å²) in [5.41, 5.74) is 7.47. The van der Waals surface area contributed by atoms with Crippen LogP contribution in [-0.4, -0.2) is 7.11 Å². The van der Waals surface area contributed by atoms with Crippen molar-refractivity contribution in [2.24, 2.45) is 0 Å². The molecule has 0 radical (unpaired) electrons. The van der Waals surface area contributed by atoms with Crippen LogP contribution in [0, 0.1) is 0 Å². The summed E-state index contributed by atoms with van der Waals surface area (Å²) < 4.78 is 5.03. The number of nitrogen functional groups attached to an aromatic ring is 1. The molecule has 0 amide bonds. The highest BCUT2D eigenvalue weighted by Crippen LogP contribution is 2.22. The highest BCUT2D eigenvalue weighted by atomic mass is 16.5. The first-order valence-electron chi connectivity index (χ1n) is 3.84. The number of anilines is 1. The zero-order valence-corrected chi connectivity index (χ0v) is 7.37. The number of hydrogen-bond acceptors (Lipinski definition) is 2. The molecule has 0 unspecified atom stereocenters. The van der Waals surface area contributed by atoms with E-state index in [1.165, 1.54) is 0 Å². The summed E-state index contributed by atoms with van der Waals surface area (Å²) in [6.45, 7) is 1.97. The molecule has 0 aliphatic heterocycles. The molecule has 0 atom stereocenters. The fourth-order valence-electron chi connectivity index (χ4n) is 1.05. The van der Waals surface area contributed by atoms with Gasteiger partial charge in [0.1, 0.15) is 5.75 Å². The van der Waals surface area contributed by atoms with Crippen molar-refractivity contribution in [1.82, 2.24) is 0 Å². The molecule has 12 heavy (non-hydrogen) atoms. The van der Waals surface area contributed by atoms with Crippen LogP contribution in [0.1, 0.15) is 12.5 Å². The third-order valence-electron chi connectivity index (χ3n) is 1.61. The third kappa shape index (κ3) is 1.78. The summed E-state index contributed by atoms with van der Waals surface area (Å²) >= 11 is 0. The number of rotatable bonds is 2. The topological polar surface area (TPSA) is 35.2 Å². The molecular formula is C10H13NO. The molecule has 0 fully saturated rings. The van der Waals surface area contributed by atoms with Crippen molar-refractivity contribution in [2.45, 2.75) is 6.92 Å². The lowest BCUT2D eigenvalue weighted by atomic mass is 10.2. The number of hydrogen-bond donors (Lipinski definition) is 1. The lowest BCUT2D eigenvalue weighted by Gasteiger charge is -2.03. The standard InChI is InChI=1S/C10H13NO/c1-3-4-8-5-6-10(12-2)9(11)7-8/h3-7H,11H2,1-2H3. The quantitative estimate of drug-likeness (QED) is 0.679. The van der Waals surface area contributed by atoms with Crippen LogP contribution in [0.3, 0.4) is 0 Å². The van der Waals surface area contributed by atoms with Gasteiger partial charge in [0.15, 0.2) is 0 Å². The molecule has 0 heterocycles. The minimum absolute atomic E-state index is 0.674. The Kier molecular flexibility index (Phi) is 2.75. The molecular weight excluding hydrogens is 150 g/mol. The van der Waals surface area contributed by atoms with Gasteiger partial charge in [-0.3, -0.25) is 0 Å². The van der Waals surface area contributed by atoms with E-state index < -0.39 is 0 Å². The number of methoxy groups -OCH3 is 1. The predicted molar refractivity (Wildman–Crippen MR) is 52.1 cm³/mol. The van der Waals surface area contributed by atoms with Crippen molar-refractivity contribution in [3.8, 4) is 5.75 Å². The summed E-state index contributed by atoms with van der Waals surface area (Å²) in [4.78, 5) is 0. The van der Waals surface area contributed by atoms with Crippen LogP contribution < -0.4 is 10.5 Å². The first-order chi connectivity index (χ1) is 5.77. The van der Waals surface area contributed by atoms with Crippen molar-refractivity contribution in [3.63, 3.8) is 0 Å². The highest BCUT2D eigenvalue weighted by Gasteiger charge is 1.97. The first-order valence-corrected chi connectivity index (χ1v) is 3.84. The van der Waals surface area contributed by atoms with Gasteiger partial charge >= 0.3 is 0 Å². The van der Waals surface area contributed by atoms with E-state index in [0.717, 1.165) is 11.3 Å². The molecule has 2 heteroatoms. The Hall–Kier alpha value is -1.44. The number of nitrogens with two attached hydrogens (primary N) is 1. The van der Waals surface area contributed by atoms with Gasteiger partial charge in [0, 0.05) is 0 Å². The van der Waals surface area contributed by atoms with E-state index in [1.54, 1.807) is 7.11 Å². The van der Waals surface area contributed by atoms with Crippen LogP contribution in [0.25, 0.3) is 6.08 Å². The van der Waals surface area contributed by atoms with E-state index in [0.29, 0.717) is 5.69 Å². The van der Waals surface area contributed by atoms with E-state index in [1.807, 2.05) is 37.3 Å². The van der Waals surface area contributed by atoms with Gasteiger partial charge in [-0.2, -0.15) is 0 Å². The molecule has 0 aromatic heterocycles. The van der Waals surface area contributed by atoms with E-state index in [2.05, 4.69) is 0 Å². The molecule has 0 saturated carbocycles. The van der Waals surface area contributed by atoms with Crippen molar-refractivity contribution in [1.29, 1.82) is 0 Å². The molecule has 64 valence electrons. The van der Waals surface area contributed by atoms with E-state index in [-0.39, 0.29) is 0 Å². The van der Waals surface area contributed by atoms with E-state index >= 15 is 0 Å². The fraction of sp³-hybridized carbons (Fsp3) is 0.200. The Morgan fingerprint density at radius 1 is 1.42 bits per heavy atom. The summed E-state index contributed by atoms with van der Waals surface area (Å²) in [6, 6.07) is 5.72. The largest absolute Gasteiger partial charge is 0.495 e. The molecule has 0 bridgehead atoms. The average Bonchev–Trinajstić information content (AvgIpc) is 2.05. The van der Waals surface area contributed by atoms with Crippen molar-refractivity contribution in [3.05, 3.63) is 29.8 Å². The van der Waals surface area contributed by atoms with Gasteiger partial charge in [-0.1, -0.05) is 18.2 Å². The maximum absolute atomic E-state index is 5.70. The summed E-state index contributed by atoms with van der Waals surface area (Å²) in [5.74, 6) is 0.725. The Morgan fingerprint density at radius 2 is 2.17 bits per heavy atom. The maximum atomic E-state index is 5.70. The minimum Gasteiger partial charge on any atom is -0.495 e. The zero-order valence-electron chi connectivity index (χ0n) is 7.37. The molecule has 2 nitrogen and oxygen atoms in total. The molecule has 1 rings (SSSR count). The van der Waals surface area contributed by atoms with Gasteiger partial charge in [-0.05, 0) is 24.6 Å². The van der Waals surface area contributed by atoms with Gasteiger partial charge in [-0.25, -0.2) is 0 Å². The number of ether oxygens (including phenoxy) is 1. The molecule has 0 spiro atoms. The van der Waals surface area contributed by atoms with Crippen molar-refractivity contribution in [2.75, 3.05) is 12.8 Å². The van der Waals surface area contributed by atoms with Crippen LogP contribution in [0.2, 0.25) is 0 Å². The van der Waals surface area contributed by atoms with Gasteiger partial charge < -0.3 is 10.5 Å². The Morgan fingerprint density at radius 3 is 2.67 bits per heavy atom. The van der Waals surface area contributed by atoms with Crippen LogP contribution >= 0.6 is 0 Å². The van der Waals surface area contributed by atoms with Crippen LogP contribution in [-0.2, 0) is 0 Å². The van der Waals surface area contributed by atoms with Gasteiger partial charge in [0.2, 0.25) is 0 Å². The summed E-state index contributed by atoms with van der Waals surface area (Å²) in [5, 5.41) is 0. The lowest BCUT2D eigenvalue weighted by molar-refractivity contribution is 0.417. The Bertz CT molecular complexity index is 292. The molecule has 1 aromatic rings. The SMILES string of the molecule is CC=Cc1ccc(OC)c(N)c1. The van der Waals surface area contributed by atoms with E-state index in [4.69, 9.17) is 10.5 Å². The molecule has 2 N–H and O–H groups in total. The van der Waals surface area contributed by atoms with Crippen LogP contribution in [0.5, 0.6) is 5.75 Å². The van der Waals surface area contributed by atoms with Crippen LogP contribution in [0.4, 0.5) is 5.69 Å². The molecule has 0 saturated heterocycles. The second-order valence-electron chi connectivity index (χ2n) is 2.50. The first kappa shape index (κ1) is 8.65. The third-order valence-corrected chi connectivity index (χ3v) is 1.61. The zero-order chi connectivity index (χ0) is 8.97. The minimum atomic E-state index is 0.674. The van der Waals surface area contributed by atoms with E-state index in [9.17, 15) is 0 Å². The van der Waals surface area contributed by atoms with Gasteiger partial charge in [0.25, 0.3) is 0 Å². The Labute approximate surface area is 72.7 Å². The maximum Gasteiger partial charge on any atom is 0.141 e. The monoisotopic (exact) mass is 163 g/mol. The average molecular weight is 163 g/mol. The lowest BCUT2D eigenvalue weighted by Crippen LogP contribution is -1.91. The highest BCUT2D eigenvalue weighted by molar-refractivity contribution is 5.61. The second kappa shape index (κ2) is 3.81. The second-order valence-corrected chi connectivity index (χ2v) is 2.50. The molecule has 1 aromatic carbocycles. The van der Waals surface area contributed by atoms with Crippen molar-refractivity contribution >= 4 is 11.8 Å². The van der Waals surface area contributed by atoms with Crippen LogP contribution in [0.15, 0.2) is 24.3 Å². The number of allylic oxidation sites excluding steroid dienone is 1. The molecule has 0 aliphatic carbocycles. The molecule has 0 aliphatic rings. The predicted octanol–water partition coefficient (Wildman–Crippen LogP) is 2.31. The smallest absolute Gasteiger partial charge is 0.141 e.